The van der Waals surface area contributed by atoms with Gasteiger partial charge in [-0.15, -0.1) is 0 Å². The Morgan fingerprint density at radius 1 is 1.33 bits per heavy atom. The van der Waals surface area contributed by atoms with Crippen molar-refractivity contribution in [1.29, 1.82) is 0 Å². The molecule has 4 heteroatoms. The SMILES string of the molecule is C=NN/C(=C\CC(C)(C)C)C(=O)Nc1cccc(C)c1C. The van der Waals surface area contributed by atoms with Crippen molar-refractivity contribution in [3.63, 3.8) is 0 Å². The van der Waals surface area contributed by atoms with Crippen molar-refractivity contribution in [1.82, 2.24) is 5.43 Å². The van der Waals surface area contributed by atoms with Gasteiger partial charge in [0.05, 0.1) is 0 Å². The van der Waals surface area contributed by atoms with Gasteiger partial charge in [0.15, 0.2) is 0 Å². The number of anilines is 1. The van der Waals surface area contributed by atoms with E-state index in [9.17, 15) is 4.79 Å². The molecule has 4 nitrogen and oxygen atoms in total. The van der Waals surface area contributed by atoms with Crippen molar-refractivity contribution < 1.29 is 4.79 Å². The number of rotatable bonds is 5. The van der Waals surface area contributed by atoms with Crippen LogP contribution in [0, 0.1) is 19.3 Å². The number of allylic oxidation sites excluding steroid dienone is 1. The number of nitrogens with one attached hydrogen (secondary N) is 2. The Labute approximate surface area is 127 Å². The molecule has 1 rings (SSSR count). The summed E-state index contributed by atoms with van der Waals surface area (Å²) in [6.45, 7) is 13.7. The summed E-state index contributed by atoms with van der Waals surface area (Å²) in [5, 5.41) is 6.52. The highest BCUT2D eigenvalue weighted by molar-refractivity contribution is 6.03. The first-order valence-corrected chi connectivity index (χ1v) is 7.04. The predicted molar refractivity (Wildman–Crippen MR) is 89.4 cm³/mol. The van der Waals surface area contributed by atoms with E-state index in [0.29, 0.717) is 5.70 Å². The van der Waals surface area contributed by atoms with Gasteiger partial charge < -0.3 is 5.32 Å². The predicted octanol–water partition coefficient (Wildman–Crippen LogP) is 3.77. The van der Waals surface area contributed by atoms with Crippen LogP contribution in [-0.2, 0) is 4.79 Å². The van der Waals surface area contributed by atoms with Gasteiger partial charge in [-0.1, -0.05) is 39.0 Å². The fourth-order valence-corrected chi connectivity index (χ4v) is 1.76. The van der Waals surface area contributed by atoms with Crippen molar-refractivity contribution in [2.45, 2.75) is 41.0 Å². The third-order valence-corrected chi connectivity index (χ3v) is 3.22. The maximum absolute atomic E-state index is 12.4. The molecule has 1 aromatic rings. The zero-order chi connectivity index (χ0) is 16.0. The third kappa shape index (κ3) is 5.42. The zero-order valence-corrected chi connectivity index (χ0v) is 13.6. The molecule has 0 aliphatic rings. The van der Waals surface area contributed by atoms with Gasteiger partial charge in [-0.25, -0.2) is 0 Å². The molecule has 0 radical (unpaired) electrons. The van der Waals surface area contributed by atoms with Crippen LogP contribution in [0.5, 0.6) is 0 Å². The van der Waals surface area contributed by atoms with E-state index in [1.165, 1.54) is 0 Å². The van der Waals surface area contributed by atoms with E-state index < -0.39 is 0 Å². The summed E-state index contributed by atoms with van der Waals surface area (Å²) in [6, 6.07) is 5.84. The summed E-state index contributed by atoms with van der Waals surface area (Å²) in [5.41, 5.74) is 6.21. The van der Waals surface area contributed by atoms with Gasteiger partial charge >= 0.3 is 0 Å². The number of hydrogen-bond acceptors (Lipinski definition) is 3. The monoisotopic (exact) mass is 287 g/mol. The largest absolute Gasteiger partial charge is 0.320 e. The van der Waals surface area contributed by atoms with Crippen molar-refractivity contribution in [3.05, 3.63) is 41.1 Å². The van der Waals surface area contributed by atoms with Gasteiger partial charge in [-0.05, 0) is 42.9 Å². The lowest BCUT2D eigenvalue weighted by Crippen LogP contribution is -2.23. The molecule has 114 valence electrons. The Hall–Kier alpha value is -2.10. The standard InChI is InChI=1S/C17H25N3O/c1-12-8-7-9-14(13(12)2)19-16(21)15(20-18-6)10-11-17(3,4)5/h7-10,20H,6,11H2,1-5H3,(H,19,21)/b15-10-. The molecule has 0 atom stereocenters. The highest BCUT2D eigenvalue weighted by Gasteiger charge is 2.14. The quantitative estimate of drug-likeness (QED) is 0.492. The molecule has 0 spiro atoms. The first kappa shape index (κ1) is 17.0. The van der Waals surface area contributed by atoms with E-state index in [4.69, 9.17) is 0 Å². The number of hydrazone groups is 1. The molecule has 0 fully saturated rings. The molecule has 0 unspecified atom stereocenters. The minimum Gasteiger partial charge on any atom is -0.320 e. The smallest absolute Gasteiger partial charge is 0.273 e. The number of carbonyl (C=O) groups excluding carboxylic acids is 1. The van der Waals surface area contributed by atoms with E-state index in [1.807, 2.05) is 38.1 Å². The van der Waals surface area contributed by atoms with Gasteiger partial charge in [0, 0.05) is 12.4 Å². The summed E-state index contributed by atoms with van der Waals surface area (Å²) < 4.78 is 0. The first-order valence-electron chi connectivity index (χ1n) is 7.04. The molecule has 1 aromatic carbocycles. The van der Waals surface area contributed by atoms with Crippen LogP contribution in [0.1, 0.15) is 38.3 Å². The molecule has 0 saturated carbocycles. The van der Waals surface area contributed by atoms with Crippen LogP contribution >= 0.6 is 0 Å². The Bertz CT molecular complexity index is 554. The van der Waals surface area contributed by atoms with Crippen LogP contribution < -0.4 is 10.7 Å². The van der Waals surface area contributed by atoms with Crippen LogP contribution in [-0.4, -0.2) is 12.6 Å². The van der Waals surface area contributed by atoms with Gasteiger partial charge in [-0.3, -0.25) is 10.2 Å². The zero-order valence-electron chi connectivity index (χ0n) is 13.6. The van der Waals surface area contributed by atoms with Gasteiger partial charge in [0.2, 0.25) is 0 Å². The highest BCUT2D eigenvalue weighted by atomic mass is 16.2. The molecule has 0 aromatic heterocycles. The molecule has 0 bridgehead atoms. The molecule has 0 aliphatic heterocycles. The summed E-state index contributed by atoms with van der Waals surface area (Å²) in [4.78, 5) is 12.4. The van der Waals surface area contributed by atoms with Crippen molar-refractivity contribution in [2.75, 3.05) is 5.32 Å². The Morgan fingerprint density at radius 3 is 2.57 bits per heavy atom. The van der Waals surface area contributed by atoms with Crippen molar-refractivity contribution in [3.8, 4) is 0 Å². The number of benzene rings is 1. The molecule has 0 saturated heterocycles. The van der Waals surface area contributed by atoms with E-state index in [0.717, 1.165) is 23.2 Å². The highest BCUT2D eigenvalue weighted by Crippen LogP contribution is 2.21. The maximum atomic E-state index is 12.4. The summed E-state index contributed by atoms with van der Waals surface area (Å²) in [6.07, 6.45) is 2.63. The fraction of sp³-hybridized carbons (Fsp3) is 0.412. The lowest BCUT2D eigenvalue weighted by molar-refractivity contribution is -0.113. The number of aryl methyl sites for hydroxylation is 1. The van der Waals surface area contributed by atoms with Gasteiger partial charge in [0.25, 0.3) is 5.91 Å². The van der Waals surface area contributed by atoms with E-state index in [-0.39, 0.29) is 11.3 Å². The lowest BCUT2D eigenvalue weighted by atomic mass is 9.92. The number of hydrogen-bond donors (Lipinski definition) is 2. The van der Waals surface area contributed by atoms with Gasteiger partial charge in [-0.2, -0.15) is 5.10 Å². The molecule has 0 aliphatic carbocycles. The summed E-state index contributed by atoms with van der Waals surface area (Å²) in [5.74, 6) is -0.208. The third-order valence-electron chi connectivity index (χ3n) is 3.22. The average Bonchev–Trinajstić information content (AvgIpc) is 2.38. The molecular formula is C17H25N3O. The Morgan fingerprint density at radius 2 is 2.00 bits per heavy atom. The second-order valence-corrected chi connectivity index (χ2v) is 6.35. The average molecular weight is 287 g/mol. The van der Waals surface area contributed by atoms with Crippen molar-refractivity contribution in [2.24, 2.45) is 10.5 Å². The van der Waals surface area contributed by atoms with Gasteiger partial charge in [0.1, 0.15) is 5.70 Å². The van der Waals surface area contributed by atoms with Crippen LogP contribution in [0.3, 0.4) is 0 Å². The normalized spacial score (nSPS) is 12.0. The lowest BCUT2D eigenvalue weighted by Gasteiger charge is -2.17. The Balaban J connectivity index is 2.91. The van der Waals surface area contributed by atoms with E-state index in [2.05, 4.69) is 43.3 Å². The summed E-state index contributed by atoms with van der Waals surface area (Å²) in [7, 11) is 0. The van der Waals surface area contributed by atoms with Crippen LogP contribution in [0.4, 0.5) is 5.69 Å². The number of amides is 1. The Kier molecular flexibility index (Phi) is 5.70. The summed E-state index contributed by atoms with van der Waals surface area (Å²) >= 11 is 0. The second kappa shape index (κ2) is 7.07. The van der Waals surface area contributed by atoms with Crippen LogP contribution in [0.15, 0.2) is 35.1 Å². The fourth-order valence-electron chi connectivity index (χ4n) is 1.76. The molecule has 1 amide bonds. The first-order chi connectivity index (χ1) is 9.74. The second-order valence-electron chi connectivity index (χ2n) is 6.35. The van der Waals surface area contributed by atoms with Crippen LogP contribution in [0.2, 0.25) is 0 Å². The number of nitrogens with zero attached hydrogens (tertiary/aromatic N) is 1. The molecular weight excluding hydrogens is 262 g/mol. The topological polar surface area (TPSA) is 53.5 Å². The number of carbonyl (C=O) groups is 1. The van der Waals surface area contributed by atoms with Crippen LogP contribution in [0.25, 0.3) is 0 Å². The molecule has 21 heavy (non-hydrogen) atoms. The minimum absolute atomic E-state index is 0.105. The van der Waals surface area contributed by atoms with E-state index in [1.54, 1.807) is 0 Å². The van der Waals surface area contributed by atoms with E-state index >= 15 is 0 Å². The maximum Gasteiger partial charge on any atom is 0.273 e. The molecule has 2 N–H and O–H groups in total. The molecule has 0 heterocycles. The van der Waals surface area contributed by atoms with Crippen molar-refractivity contribution >= 4 is 18.3 Å². The minimum atomic E-state index is -0.208.